The zero-order valence-corrected chi connectivity index (χ0v) is 13.5. The summed E-state index contributed by atoms with van der Waals surface area (Å²) in [6.07, 6.45) is 2.60. The van der Waals surface area contributed by atoms with E-state index in [1.807, 2.05) is 31.2 Å². The van der Waals surface area contributed by atoms with Crippen LogP contribution in [0.2, 0.25) is 0 Å². The maximum Gasteiger partial charge on any atom is 0.239 e. The molecular formula is C17H20N4O3. The molecule has 0 saturated heterocycles. The largest absolute Gasteiger partial charge is 0.352 e. The van der Waals surface area contributed by atoms with Crippen molar-refractivity contribution in [2.45, 2.75) is 38.6 Å². The molecule has 126 valence electrons. The van der Waals surface area contributed by atoms with Crippen molar-refractivity contribution in [2.24, 2.45) is 0 Å². The normalized spacial score (nSPS) is 13.5. The van der Waals surface area contributed by atoms with Gasteiger partial charge in [0.15, 0.2) is 0 Å². The zero-order chi connectivity index (χ0) is 16.9. The van der Waals surface area contributed by atoms with Gasteiger partial charge in [-0.05, 0) is 19.8 Å². The first-order valence-electron chi connectivity index (χ1n) is 8.06. The molecule has 2 N–H and O–H groups in total. The smallest absolute Gasteiger partial charge is 0.239 e. The van der Waals surface area contributed by atoms with Crippen LogP contribution in [-0.2, 0) is 16.0 Å². The maximum absolute atomic E-state index is 11.8. The fraction of sp³-hybridized carbons (Fsp3) is 0.412. The zero-order valence-electron chi connectivity index (χ0n) is 13.5. The van der Waals surface area contributed by atoms with Crippen LogP contribution in [0.15, 0.2) is 28.8 Å². The summed E-state index contributed by atoms with van der Waals surface area (Å²) in [5, 5.41) is 9.33. The van der Waals surface area contributed by atoms with E-state index in [9.17, 15) is 9.59 Å². The molecule has 1 aliphatic carbocycles. The van der Waals surface area contributed by atoms with Crippen LogP contribution in [0, 0.1) is 6.92 Å². The van der Waals surface area contributed by atoms with Crippen molar-refractivity contribution in [1.82, 2.24) is 20.8 Å². The number of carbonyl (C=O) groups is 2. The number of aromatic nitrogens is 2. The summed E-state index contributed by atoms with van der Waals surface area (Å²) in [6, 6.07) is 8.11. The number of nitrogens with one attached hydrogen (secondary N) is 2. The second-order valence-electron chi connectivity index (χ2n) is 6.00. The Labute approximate surface area is 139 Å². The predicted octanol–water partition coefficient (Wildman–Crippen LogP) is 1.37. The summed E-state index contributed by atoms with van der Waals surface area (Å²) in [6.45, 7) is 2.02. The van der Waals surface area contributed by atoms with Gasteiger partial charge < -0.3 is 15.2 Å². The molecule has 24 heavy (non-hydrogen) atoms. The number of benzene rings is 1. The van der Waals surface area contributed by atoms with Crippen LogP contribution in [0.4, 0.5) is 0 Å². The average Bonchev–Trinajstić information content (AvgIpc) is 3.25. The van der Waals surface area contributed by atoms with E-state index in [4.69, 9.17) is 4.52 Å². The molecule has 0 aliphatic heterocycles. The summed E-state index contributed by atoms with van der Waals surface area (Å²) < 4.78 is 5.17. The van der Waals surface area contributed by atoms with E-state index >= 15 is 0 Å². The molecule has 7 nitrogen and oxygen atoms in total. The Hall–Kier alpha value is -2.70. The highest BCUT2D eigenvalue weighted by atomic mass is 16.5. The summed E-state index contributed by atoms with van der Waals surface area (Å²) in [4.78, 5) is 27.5. The third kappa shape index (κ3) is 4.65. The highest BCUT2D eigenvalue weighted by Crippen LogP contribution is 2.18. The van der Waals surface area contributed by atoms with E-state index < -0.39 is 0 Å². The quantitative estimate of drug-likeness (QED) is 0.800. The molecule has 0 bridgehead atoms. The van der Waals surface area contributed by atoms with Gasteiger partial charge in [0, 0.05) is 24.4 Å². The Morgan fingerprint density at radius 3 is 2.67 bits per heavy atom. The molecular weight excluding hydrogens is 308 g/mol. The minimum absolute atomic E-state index is 0.00772. The molecule has 1 aliphatic rings. The van der Waals surface area contributed by atoms with E-state index in [1.165, 1.54) is 0 Å². The van der Waals surface area contributed by atoms with E-state index in [0.29, 0.717) is 24.2 Å². The molecule has 0 spiro atoms. The summed E-state index contributed by atoms with van der Waals surface area (Å²) in [5.74, 6) is 0.554. The van der Waals surface area contributed by atoms with Crippen LogP contribution in [0.5, 0.6) is 0 Å². The molecule has 0 atom stereocenters. The van der Waals surface area contributed by atoms with Crippen LogP contribution < -0.4 is 10.6 Å². The predicted molar refractivity (Wildman–Crippen MR) is 87.0 cm³/mol. The Morgan fingerprint density at radius 2 is 1.96 bits per heavy atom. The number of hydrogen-bond donors (Lipinski definition) is 2. The van der Waals surface area contributed by atoms with E-state index in [2.05, 4.69) is 20.8 Å². The lowest BCUT2D eigenvalue weighted by molar-refractivity contribution is -0.126. The van der Waals surface area contributed by atoms with Crippen molar-refractivity contribution in [1.29, 1.82) is 0 Å². The summed E-state index contributed by atoms with van der Waals surface area (Å²) in [5.41, 5.74) is 2.03. The molecule has 1 aromatic carbocycles. The minimum Gasteiger partial charge on any atom is -0.352 e. The van der Waals surface area contributed by atoms with Crippen LogP contribution >= 0.6 is 0 Å². The lowest BCUT2D eigenvalue weighted by Crippen LogP contribution is -2.37. The van der Waals surface area contributed by atoms with Crippen LogP contribution in [-0.4, -0.2) is 34.5 Å². The van der Waals surface area contributed by atoms with Gasteiger partial charge in [0.05, 0.1) is 6.54 Å². The van der Waals surface area contributed by atoms with Crippen molar-refractivity contribution in [3.63, 3.8) is 0 Å². The standard InChI is InChI=1S/C17H20N4O3/c1-11-2-4-12(5-3-11)17-20-16(24-21-17)9-8-14(22)18-10-15(23)19-13-6-7-13/h2-5,13H,6-10H2,1H3,(H,18,22)(H,19,23). The number of rotatable bonds is 7. The summed E-state index contributed by atoms with van der Waals surface area (Å²) in [7, 11) is 0. The monoisotopic (exact) mass is 328 g/mol. The molecule has 1 fully saturated rings. The Morgan fingerprint density at radius 1 is 1.21 bits per heavy atom. The molecule has 7 heteroatoms. The van der Waals surface area contributed by atoms with Gasteiger partial charge in [0.1, 0.15) is 0 Å². The highest BCUT2D eigenvalue weighted by Gasteiger charge is 2.23. The van der Waals surface area contributed by atoms with Crippen molar-refractivity contribution in [3.8, 4) is 11.4 Å². The van der Waals surface area contributed by atoms with Crippen molar-refractivity contribution >= 4 is 11.8 Å². The molecule has 1 aromatic heterocycles. The Balaban J connectivity index is 1.43. The number of nitrogens with zero attached hydrogens (tertiary/aromatic N) is 2. The van der Waals surface area contributed by atoms with Gasteiger partial charge in [-0.1, -0.05) is 35.0 Å². The van der Waals surface area contributed by atoms with Crippen LogP contribution in [0.1, 0.15) is 30.7 Å². The maximum atomic E-state index is 11.8. The molecule has 0 radical (unpaired) electrons. The van der Waals surface area contributed by atoms with Crippen molar-refractivity contribution in [2.75, 3.05) is 6.54 Å². The van der Waals surface area contributed by atoms with Gasteiger partial charge in [-0.25, -0.2) is 0 Å². The fourth-order valence-corrected chi connectivity index (χ4v) is 2.17. The topological polar surface area (TPSA) is 97.1 Å². The van der Waals surface area contributed by atoms with Gasteiger partial charge in [0.25, 0.3) is 0 Å². The van der Waals surface area contributed by atoms with Gasteiger partial charge >= 0.3 is 0 Å². The van der Waals surface area contributed by atoms with Gasteiger partial charge in [-0.15, -0.1) is 0 Å². The minimum atomic E-state index is -0.212. The Kier molecular flexibility index (Phi) is 4.88. The second kappa shape index (κ2) is 7.25. The number of amides is 2. The molecule has 1 saturated carbocycles. The lowest BCUT2D eigenvalue weighted by Gasteiger charge is -2.04. The molecule has 1 heterocycles. The molecule has 3 rings (SSSR count). The van der Waals surface area contributed by atoms with Crippen molar-refractivity contribution < 1.29 is 14.1 Å². The van der Waals surface area contributed by atoms with Crippen molar-refractivity contribution in [3.05, 3.63) is 35.7 Å². The van der Waals surface area contributed by atoms with E-state index in [1.54, 1.807) is 0 Å². The first kappa shape index (κ1) is 16.2. The SMILES string of the molecule is Cc1ccc(-c2noc(CCC(=O)NCC(=O)NC3CC3)n2)cc1. The van der Waals surface area contributed by atoms with E-state index in [0.717, 1.165) is 24.0 Å². The third-order valence-electron chi connectivity index (χ3n) is 3.73. The van der Waals surface area contributed by atoms with Gasteiger partial charge in [-0.3, -0.25) is 9.59 Å². The first-order chi connectivity index (χ1) is 11.6. The number of aryl methyl sites for hydroxylation is 2. The molecule has 2 amide bonds. The number of hydrogen-bond acceptors (Lipinski definition) is 5. The first-order valence-corrected chi connectivity index (χ1v) is 8.06. The highest BCUT2D eigenvalue weighted by molar-refractivity contribution is 5.84. The second-order valence-corrected chi connectivity index (χ2v) is 6.00. The molecule has 2 aromatic rings. The third-order valence-corrected chi connectivity index (χ3v) is 3.73. The van der Waals surface area contributed by atoms with Gasteiger partial charge in [-0.2, -0.15) is 4.98 Å². The average molecular weight is 328 g/mol. The molecule has 0 unspecified atom stereocenters. The summed E-state index contributed by atoms with van der Waals surface area (Å²) >= 11 is 0. The van der Waals surface area contributed by atoms with Crippen LogP contribution in [0.3, 0.4) is 0 Å². The number of carbonyl (C=O) groups excluding carboxylic acids is 2. The lowest BCUT2D eigenvalue weighted by atomic mass is 10.1. The van der Waals surface area contributed by atoms with E-state index in [-0.39, 0.29) is 24.8 Å². The van der Waals surface area contributed by atoms with Gasteiger partial charge in [0.2, 0.25) is 23.5 Å². The fourth-order valence-electron chi connectivity index (χ4n) is 2.17. The Bertz CT molecular complexity index is 720. The van der Waals surface area contributed by atoms with Crippen LogP contribution in [0.25, 0.3) is 11.4 Å².